The topological polar surface area (TPSA) is 12.9 Å². The molecule has 2 aromatic rings. The average Bonchev–Trinajstić information content (AvgIpc) is 2.50. The van der Waals surface area contributed by atoms with Crippen molar-refractivity contribution < 1.29 is 0 Å². The molecule has 0 amide bonds. The number of nitrogens with zero attached hydrogens (tertiary/aromatic N) is 1. The molecule has 0 unspecified atom stereocenters. The number of benzene rings is 1. The number of pyridine rings is 1. The number of rotatable bonds is 0. The van der Waals surface area contributed by atoms with E-state index >= 15 is 0 Å². The number of halogens is 1. The molecule has 0 saturated carbocycles. The third-order valence-electron chi connectivity index (χ3n) is 3.31. The Bertz CT molecular complexity index is 533. The zero-order chi connectivity index (χ0) is 11.0. The van der Waals surface area contributed by atoms with Crippen molar-refractivity contribution in [1.29, 1.82) is 0 Å². The fourth-order valence-electron chi connectivity index (χ4n) is 2.45. The van der Waals surface area contributed by atoms with E-state index in [1.54, 1.807) is 0 Å². The van der Waals surface area contributed by atoms with E-state index in [0.717, 1.165) is 16.4 Å². The van der Waals surface area contributed by atoms with Crippen LogP contribution in [0.25, 0.3) is 10.9 Å². The van der Waals surface area contributed by atoms with Crippen molar-refractivity contribution in [3.8, 4) is 0 Å². The van der Waals surface area contributed by atoms with E-state index in [4.69, 9.17) is 4.98 Å². The van der Waals surface area contributed by atoms with E-state index in [9.17, 15) is 0 Å². The Kier molecular flexibility index (Phi) is 2.68. The summed E-state index contributed by atoms with van der Waals surface area (Å²) in [6.07, 6.45) is 6.30. The molecule has 82 valence electrons. The van der Waals surface area contributed by atoms with Gasteiger partial charge < -0.3 is 0 Å². The summed E-state index contributed by atoms with van der Waals surface area (Å²) in [4.78, 5) is 4.80. The first-order valence-electron chi connectivity index (χ1n) is 5.91. The molecule has 0 radical (unpaired) electrons. The van der Waals surface area contributed by atoms with Crippen LogP contribution in [0.1, 0.15) is 30.5 Å². The molecule has 1 aliphatic carbocycles. The molecule has 0 N–H and O–H groups in total. The van der Waals surface area contributed by atoms with Crippen LogP contribution in [-0.2, 0) is 12.8 Å². The summed E-state index contributed by atoms with van der Waals surface area (Å²) >= 11 is 3.52. The summed E-state index contributed by atoms with van der Waals surface area (Å²) in [6.45, 7) is 0. The molecule has 2 heteroatoms. The normalized spacial score (nSPS) is 15.8. The lowest BCUT2D eigenvalue weighted by Crippen LogP contribution is -1.95. The summed E-state index contributed by atoms with van der Waals surface area (Å²) in [6, 6.07) is 8.66. The Hall–Kier alpha value is -0.890. The number of fused-ring (bicyclic) bond motifs is 2. The smallest absolute Gasteiger partial charge is 0.0706 e. The van der Waals surface area contributed by atoms with Crippen LogP contribution in [0.4, 0.5) is 0 Å². The second-order valence-electron chi connectivity index (χ2n) is 4.49. The molecule has 0 saturated heterocycles. The van der Waals surface area contributed by atoms with Crippen LogP contribution >= 0.6 is 15.9 Å². The second-order valence-corrected chi connectivity index (χ2v) is 5.41. The van der Waals surface area contributed by atoms with Crippen LogP contribution in [0, 0.1) is 0 Å². The molecule has 1 nitrogen and oxygen atoms in total. The lowest BCUT2D eigenvalue weighted by Gasteiger charge is -2.07. The maximum absolute atomic E-state index is 4.80. The van der Waals surface area contributed by atoms with Crippen molar-refractivity contribution in [2.75, 3.05) is 0 Å². The fraction of sp³-hybridized carbons (Fsp3) is 0.357. The van der Waals surface area contributed by atoms with Gasteiger partial charge in [-0.2, -0.15) is 0 Å². The first-order chi connectivity index (χ1) is 7.83. The first-order valence-corrected chi connectivity index (χ1v) is 6.70. The molecule has 3 rings (SSSR count). The van der Waals surface area contributed by atoms with Crippen molar-refractivity contribution in [2.45, 2.75) is 32.1 Å². The third kappa shape index (κ3) is 1.86. The summed E-state index contributed by atoms with van der Waals surface area (Å²) in [5.41, 5.74) is 3.92. The van der Waals surface area contributed by atoms with Gasteiger partial charge in [-0.3, -0.25) is 4.98 Å². The molecular weight excluding hydrogens is 262 g/mol. The maximum Gasteiger partial charge on any atom is 0.0706 e. The van der Waals surface area contributed by atoms with Gasteiger partial charge in [0, 0.05) is 15.6 Å². The van der Waals surface area contributed by atoms with E-state index in [1.807, 2.05) is 0 Å². The van der Waals surface area contributed by atoms with Gasteiger partial charge in [0.1, 0.15) is 0 Å². The van der Waals surface area contributed by atoms with Gasteiger partial charge in [0.2, 0.25) is 0 Å². The lowest BCUT2D eigenvalue weighted by molar-refractivity contribution is 0.709. The van der Waals surface area contributed by atoms with E-state index in [0.29, 0.717) is 0 Å². The zero-order valence-corrected chi connectivity index (χ0v) is 10.8. The minimum absolute atomic E-state index is 1.13. The van der Waals surface area contributed by atoms with E-state index < -0.39 is 0 Å². The maximum atomic E-state index is 4.80. The number of aromatic nitrogens is 1. The molecule has 1 aromatic heterocycles. The molecular formula is C14H14BrN. The summed E-state index contributed by atoms with van der Waals surface area (Å²) in [5.74, 6) is 0. The minimum Gasteiger partial charge on any atom is -0.253 e. The van der Waals surface area contributed by atoms with Crippen molar-refractivity contribution in [1.82, 2.24) is 4.98 Å². The number of hydrogen-bond acceptors (Lipinski definition) is 1. The van der Waals surface area contributed by atoms with Crippen molar-refractivity contribution in [2.24, 2.45) is 0 Å². The molecule has 0 atom stereocenters. The zero-order valence-electron chi connectivity index (χ0n) is 9.17. The van der Waals surface area contributed by atoms with Gasteiger partial charge in [-0.15, -0.1) is 0 Å². The van der Waals surface area contributed by atoms with Crippen LogP contribution in [0.2, 0.25) is 0 Å². The highest BCUT2D eigenvalue weighted by atomic mass is 79.9. The van der Waals surface area contributed by atoms with Crippen molar-refractivity contribution in [3.05, 3.63) is 40.0 Å². The largest absolute Gasteiger partial charge is 0.253 e. The minimum atomic E-state index is 1.13. The van der Waals surface area contributed by atoms with Gasteiger partial charge in [0.15, 0.2) is 0 Å². The van der Waals surface area contributed by atoms with Gasteiger partial charge in [-0.25, -0.2) is 0 Å². The summed E-state index contributed by atoms with van der Waals surface area (Å²) in [7, 11) is 0. The van der Waals surface area contributed by atoms with Crippen LogP contribution in [-0.4, -0.2) is 4.98 Å². The summed E-state index contributed by atoms with van der Waals surface area (Å²) < 4.78 is 1.13. The molecule has 1 heterocycles. The second kappa shape index (κ2) is 4.17. The van der Waals surface area contributed by atoms with Crippen LogP contribution < -0.4 is 0 Å². The highest BCUT2D eigenvalue weighted by molar-refractivity contribution is 9.10. The Morgan fingerprint density at radius 2 is 1.88 bits per heavy atom. The highest BCUT2D eigenvalue weighted by Crippen LogP contribution is 2.25. The quantitative estimate of drug-likeness (QED) is 0.655. The van der Waals surface area contributed by atoms with Crippen LogP contribution in [0.3, 0.4) is 0 Å². The summed E-state index contributed by atoms with van der Waals surface area (Å²) in [5, 5.41) is 1.26. The van der Waals surface area contributed by atoms with E-state index in [1.165, 1.54) is 42.3 Å². The number of aryl methyl sites for hydroxylation is 2. The SMILES string of the molecule is Brc1ccc2nc3c(cc2c1)CCCCC3. The Labute approximate surface area is 104 Å². The third-order valence-corrected chi connectivity index (χ3v) is 3.80. The van der Waals surface area contributed by atoms with Gasteiger partial charge in [-0.1, -0.05) is 22.4 Å². The van der Waals surface area contributed by atoms with Gasteiger partial charge in [-0.05, 0) is 55.5 Å². The molecule has 0 bridgehead atoms. The fourth-order valence-corrected chi connectivity index (χ4v) is 2.83. The standard InChI is InChI=1S/C14H14BrN/c15-12-6-7-14-11(9-12)8-10-4-2-1-3-5-13(10)16-14/h6-9H,1-5H2. The molecule has 1 aromatic carbocycles. The lowest BCUT2D eigenvalue weighted by atomic mass is 10.1. The number of hydrogen-bond donors (Lipinski definition) is 0. The Morgan fingerprint density at radius 1 is 1.00 bits per heavy atom. The van der Waals surface area contributed by atoms with Crippen LogP contribution in [0.5, 0.6) is 0 Å². The predicted molar refractivity (Wildman–Crippen MR) is 70.7 cm³/mol. The Morgan fingerprint density at radius 3 is 2.81 bits per heavy atom. The highest BCUT2D eigenvalue weighted by Gasteiger charge is 2.10. The van der Waals surface area contributed by atoms with Crippen molar-refractivity contribution in [3.63, 3.8) is 0 Å². The van der Waals surface area contributed by atoms with Gasteiger partial charge in [0.25, 0.3) is 0 Å². The molecule has 0 spiro atoms. The van der Waals surface area contributed by atoms with Crippen molar-refractivity contribution >= 4 is 26.8 Å². The monoisotopic (exact) mass is 275 g/mol. The predicted octanol–water partition coefficient (Wildman–Crippen LogP) is 4.27. The van der Waals surface area contributed by atoms with Crippen LogP contribution in [0.15, 0.2) is 28.7 Å². The van der Waals surface area contributed by atoms with Gasteiger partial charge in [0.05, 0.1) is 5.52 Å². The Balaban J connectivity index is 2.20. The van der Waals surface area contributed by atoms with E-state index in [2.05, 4.69) is 40.2 Å². The molecule has 0 aliphatic heterocycles. The average molecular weight is 276 g/mol. The molecule has 16 heavy (non-hydrogen) atoms. The molecule has 1 aliphatic rings. The van der Waals surface area contributed by atoms with Gasteiger partial charge >= 0.3 is 0 Å². The van der Waals surface area contributed by atoms with E-state index in [-0.39, 0.29) is 0 Å². The first kappa shape index (κ1) is 10.3. The molecule has 0 fully saturated rings.